The molecule has 0 bridgehead atoms. The van der Waals surface area contributed by atoms with E-state index in [-0.39, 0.29) is 4.91 Å². The van der Waals surface area contributed by atoms with Gasteiger partial charge in [-0.1, -0.05) is 41.9 Å². The van der Waals surface area contributed by atoms with Crippen molar-refractivity contribution >= 4 is 52.2 Å². The van der Waals surface area contributed by atoms with Gasteiger partial charge in [-0.15, -0.1) is 0 Å². The Bertz CT molecular complexity index is 1220. The lowest BCUT2D eigenvalue weighted by atomic mass is 10.2. The number of nitrogens with one attached hydrogen (secondary N) is 1. The van der Waals surface area contributed by atoms with Gasteiger partial charge in [-0.05, 0) is 42.1 Å². The van der Waals surface area contributed by atoms with Crippen LogP contribution in [0.2, 0.25) is 5.02 Å². The SMILES string of the molecule is COc1ccc(NC(=O)CN2C(=O)S/C(=C\c3ccc(-c4ccccc4)o3)C2=O)cc1Cl. The van der Waals surface area contributed by atoms with Gasteiger partial charge in [0.15, 0.2) is 0 Å². The monoisotopic (exact) mass is 468 g/mol. The van der Waals surface area contributed by atoms with Crippen molar-refractivity contribution in [1.82, 2.24) is 4.90 Å². The number of imide groups is 1. The maximum atomic E-state index is 12.7. The van der Waals surface area contributed by atoms with E-state index in [4.69, 9.17) is 20.8 Å². The van der Waals surface area contributed by atoms with Crippen molar-refractivity contribution in [3.8, 4) is 17.1 Å². The van der Waals surface area contributed by atoms with E-state index in [2.05, 4.69) is 5.32 Å². The van der Waals surface area contributed by atoms with Gasteiger partial charge in [-0.3, -0.25) is 19.3 Å². The molecule has 32 heavy (non-hydrogen) atoms. The Hall–Kier alpha value is -3.49. The first-order valence-corrected chi connectivity index (χ1v) is 10.7. The van der Waals surface area contributed by atoms with Crippen LogP contribution in [0.15, 0.2) is 70.0 Å². The van der Waals surface area contributed by atoms with Gasteiger partial charge in [0.05, 0.1) is 17.0 Å². The number of carbonyl (C=O) groups is 3. The molecule has 1 aliphatic heterocycles. The van der Waals surface area contributed by atoms with Crippen LogP contribution in [0.5, 0.6) is 5.75 Å². The van der Waals surface area contributed by atoms with Crippen LogP contribution in [0.25, 0.3) is 17.4 Å². The standard InChI is InChI=1S/C23H17ClN2O5S/c1-30-19-9-7-15(11-17(19)24)25-21(27)13-26-22(28)20(32-23(26)29)12-16-8-10-18(31-16)14-5-3-2-4-6-14/h2-12H,13H2,1H3,(H,25,27)/b20-12-. The highest BCUT2D eigenvalue weighted by molar-refractivity contribution is 8.18. The maximum Gasteiger partial charge on any atom is 0.294 e. The number of thioether (sulfide) groups is 1. The van der Waals surface area contributed by atoms with Gasteiger partial charge in [-0.25, -0.2) is 0 Å². The third kappa shape index (κ3) is 4.71. The predicted molar refractivity (Wildman–Crippen MR) is 123 cm³/mol. The molecule has 0 saturated carbocycles. The van der Waals surface area contributed by atoms with Crippen LogP contribution in [0.1, 0.15) is 5.76 Å². The topological polar surface area (TPSA) is 88.8 Å². The molecule has 7 nitrogen and oxygen atoms in total. The lowest BCUT2D eigenvalue weighted by Gasteiger charge is -2.13. The molecule has 3 aromatic rings. The minimum Gasteiger partial charge on any atom is -0.495 e. The third-order valence-electron chi connectivity index (χ3n) is 4.57. The summed E-state index contributed by atoms with van der Waals surface area (Å²) < 4.78 is 10.8. The first-order valence-electron chi connectivity index (χ1n) is 9.48. The Morgan fingerprint density at radius 1 is 1.16 bits per heavy atom. The van der Waals surface area contributed by atoms with Gasteiger partial charge < -0.3 is 14.5 Å². The Morgan fingerprint density at radius 2 is 1.94 bits per heavy atom. The number of anilines is 1. The van der Waals surface area contributed by atoms with E-state index < -0.39 is 23.6 Å². The summed E-state index contributed by atoms with van der Waals surface area (Å²) in [5.74, 6) is 0.467. The van der Waals surface area contributed by atoms with E-state index >= 15 is 0 Å². The number of halogens is 1. The molecule has 0 spiro atoms. The molecule has 0 atom stereocenters. The lowest BCUT2D eigenvalue weighted by Crippen LogP contribution is -2.36. The van der Waals surface area contributed by atoms with Crippen molar-refractivity contribution in [2.75, 3.05) is 19.0 Å². The fourth-order valence-corrected chi connectivity index (χ4v) is 4.12. The van der Waals surface area contributed by atoms with Crippen molar-refractivity contribution in [2.24, 2.45) is 0 Å². The number of amides is 3. The van der Waals surface area contributed by atoms with Gasteiger partial charge in [0.2, 0.25) is 5.91 Å². The number of rotatable bonds is 6. The van der Waals surface area contributed by atoms with Crippen molar-refractivity contribution < 1.29 is 23.5 Å². The molecule has 4 rings (SSSR count). The van der Waals surface area contributed by atoms with E-state index in [1.54, 1.807) is 24.3 Å². The number of hydrogen-bond acceptors (Lipinski definition) is 6. The molecule has 1 fully saturated rings. The zero-order chi connectivity index (χ0) is 22.7. The van der Waals surface area contributed by atoms with Crippen LogP contribution in [0, 0.1) is 0 Å². The Balaban J connectivity index is 1.43. The van der Waals surface area contributed by atoms with Crippen LogP contribution in [0.3, 0.4) is 0 Å². The number of hydrogen-bond donors (Lipinski definition) is 1. The fourth-order valence-electron chi connectivity index (χ4n) is 3.04. The molecule has 2 heterocycles. The number of benzene rings is 2. The molecule has 3 amide bonds. The molecule has 0 aliphatic carbocycles. The predicted octanol–water partition coefficient (Wildman–Crippen LogP) is 5.28. The van der Waals surface area contributed by atoms with Crippen LogP contribution in [-0.4, -0.2) is 35.6 Å². The zero-order valence-electron chi connectivity index (χ0n) is 16.8. The molecular weight excluding hydrogens is 452 g/mol. The van der Waals surface area contributed by atoms with E-state index in [0.29, 0.717) is 28.0 Å². The molecule has 1 saturated heterocycles. The first kappa shape index (κ1) is 21.7. The molecule has 0 unspecified atom stereocenters. The molecule has 162 valence electrons. The number of furan rings is 1. The Kier molecular flexibility index (Phi) is 6.34. The van der Waals surface area contributed by atoms with Crippen molar-refractivity contribution in [3.05, 3.63) is 76.4 Å². The van der Waals surface area contributed by atoms with Crippen LogP contribution < -0.4 is 10.1 Å². The smallest absolute Gasteiger partial charge is 0.294 e. The first-order chi connectivity index (χ1) is 15.4. The summed E-state index contributed by atoms with van der Waals surface area (Å²) in [5, 5.41) is 2.41. The summed E-state index contributed by atoms with van der Waals surface area (Å²) in [6.07, 6.45) is 1.50. The second-order valence-electron chi connectivity index (χ2n) is 6.73. The van der Waals surface area contributed by atoms with Crippen molar-refractivity contribution in [3.63, 3.8) is 0 Å². The van der Waals surface area contributed by atoms with Gasteiger partial charge in [-0.2, -0.15) is 0 Å². The van der Waals surface area contributed by atoms with E-state index in [1.165, 1.54) is 19.3 Å². The molecule has 1 aromatic heterocycles. The highest BCUT2D eigenvalue weighted by Crippen LogP contribution is 2.33. The van der Waals surface area contributed by atoms with Crippen molar-refractivity contribution in [1.29, 1.82) is 0 Å². The molecule has 1 aliphatic rings. The summed E-state index contributed by atoms with van der Waals surface area (Å²) in [7, 11) is 1.48. The van der Waals surface area contributed by atoms with Gasteiger partial charge in [0, 0.05) is 17.3 Å². The summed E-state index contributed by atoms with van der Waals surface area (Å²) in [5.41, 5.74) is 1.32. The number of methoxy groups -OCH3 is 1. The van der Waals surface area contributed by atoms with Gasteiger partial charge in [0.25, 0.3) is 11.1 Å². The van der Waals surface area contributed by atoms with E-state index in [1.807, 2.05) is 30.3 Å². The lowest BCUT2D eigenvalue weighted by molar-refractivity contribution is -0.127. The summed E-state index contributed by atoms with van der Waals surface area (Å²) in [6, 6.07) is 17.8. The van der Waals surface area contributed by atoms with E-state index in [9.17, 15) is 14.4 Å². The van der Waals surface area contributed by atoms with Crippen LogP contribution >= 0.6 is 23.4 Å². The Labute approximate surface area is 193 Å². The average Bonchev–Trinajstić information content (AvgIpc) is 3.35. The fraction of sp³-hybridized carbons (Fsp3) is 0.0870. The normalized spacial score (nSPS) is 14.8. The average molecular weight is 469 g/mol. The quantitative estimate of drug-likeness (QED) is 0.495. The number of ether oxygens (including phenoxy) is 1. The van der Waals surface area contributed by atoms with E-state index in [0.717, 1.165) is 22.2 Å². The minimum atomic E-state index is -0.555. The van der Waals surface area contributed by atoms with Crippen molar-refractivity contribution in [2.45, 2.75) is 0 Å². The molecule has 1 N–H and O–H groups in total. The third-order valence-corrected chi connectivity index (χ3v) is 5.77. The largest absolute Gasteiger partial charge is 0.495 e. The Morgan fingerprint density at radius 3 is 2.66 bits per heavy atom. The molecular formula is C23H17ClN2O5S. The highest BCUT2D eigenvalue weighted by Gasteiger charge is 2.36. The van der Waals surface area contributed by atoms with Gasteiger partial charge >= 0.3 is 0 Å². The van der Waals surface area contributed by atoms with Crippen LogP contribution in [-0.2, 0) is 9.59 Å². The second-order valence-corrected chi connectivity index (χ2v) is 8.13. The van der Waals surface area contributed by atoms with Gasteiger partial charge in [0.1, 0.15) is 23.8 Å². The molecule has 9 heteroatoms. The molecule has 2 aromatic carbocycles. The summed E-state index contributed by atoms with van der Waals surface area (Å²) in [6.45, 7) is -0.418. The maximum absolute atomic E-state index is 12.7. The highest BCUT2D eigenvalue weighted by atomic mass is 35.5. The minimum absolute atomic E-state index is 0.184. The summed E-state index contributed by atoms with van der Waals surface area (Å²) >= 11 is 6.81. The second kappa shape index (κ2) is 9.33. The zero-order valence-corrected chi connectivity index (χ0v) is 18.4. The molecule has 0 radical (unpaired) electrons. The number of nitrogens with zero attached hydrogens (tertiary/aromatic N) is 1. The van der Waals surface area contributed by atoms with Crippen LogP contribution in [0.4, 0.5) is 10.5 Å². The summed E-state index contributed by atoms with van der Waals surface area (Å²) in [4.78, 5) is 38.4. The number of carbonyl (C=O) groups excluding carboxylic acids is 3.